The van der Waals surface area contributed by atoms with Crippen LogP contribution in [0.2, 0.25) is 5.02 Å². The predicted octanol–water partition coefficient (Wildman–Crippen LogP) is 6.30. The van der Waals surface area contributed by atoms with Crippen molar-refractivity contribution in [3.8, 4) is 17.1 Å². The Morgan fingerprint density at radius 1 is 0.889 bits per heavy atom. The van der Waals surface area contributed by atoms with Gasteiger partial charge in [0.1, 0.15) is 17.1 Å². The second kappa shape index (κ2) is 7.29. The summed E-state index contributed by atoms with van der Waals surface area (Å²) in [6, 6.07) is 23.4. The molecule has 0 spiro atoms. The van der Waals surface area contributed by atoms with Gasteiger partial charge in [0.05, 0.1) is 18.2 Å². The van der Waals surface area contributed by atoms with Crippen LogP contribution in [0, 0.1) is 6.92 Å². The maximum Gasteiger partial charge on any atom is 0.137 e. The summed E-state index contributed by atoms with van der Waals surface area (Å²) in [6.45, 7) is 2.06. The monoisotopic (exact) mass is 375 g/mol. The molecular formula is C23H18ClNO2. The van der Waals surface area contributed by atoms with E-state index in [1.54, 1.807) is 7.11 Å². The van der Waals surface area contributed by atoms with Gasteiger partial charge in [-0.2, -0.15) is 0 Å². The lowest BCUT2D eigenvalue weighted by Crippen LogP contribution is -2.03. The molecule has 0 unspecified atom stereocenters. The topological polar surface area (TPSA) is 34.7 Å². The summed E-state index contributed by atoms with van der Waals surface area (Å²) in [7, 11) is 1.65. The zero-order valence-corrected chi connectivity index (χ0v) is 15.8. The first-order valence-corrected chi connectivity index (χ1v) is 8.99. The predicted molar refractivity (Wildman–Crippen MR) is 110 cm³/mol. The van der Waals surface area contributed by atoms with Crippen LogP contribution in [0.3, 0.4) is 0 Å². The first kappa shape index (κ1) is 17.4. The molecule has 0 saturated heterocycles. The van der Waals surface area contributed by atoms with E-state index in [1.165, 1.54) is 5.56 Å². The Labute approximate surface area is 162 Å². The normalized spacial score (nSPS) is 11.7. The summed E-state index contributed by atoms with van der Waals surface area (Å²) in [6.07, 6.45) is 0. The van der Waals surface area contributed by atoms with E-state index < -0.39 is 0 Å². The molecule has 0 atom stereocenters. The van der Waals surface area contributed by atoms with Crippen molar-refractivity contribution >= 4 is 28.3 Å². The lowest BCUT2D eigenvalue weighted by molar-refractivity contribution is 0.415. The second-order valence-electron chi connectivity index (χ2n) is 6.31. The van der Waals surface area contributed by atoms with Gasteiger partial charge in [-0.05, 0) is 61.5 Å². The van der Waals surface area contributed by atoms with Crippen LogP contribution in [-0.4, -0.2) is 7.11 Å². The summed E-state index contributed by atoms with van der Waals surface area (Å²) in [5.74, 6) is 1.49. The minimum absolute atomic E-state index is 0.689. The Morgan fingerprint density at radius 2 is 1.63 bits per heavy atom. The maximum atomic E-state index is 6.13. The molecule has 27 heavy (non-hydrogen) atoms. The third-order valence-corrected chi connectivity index (χ3v) is 4.61. The first-order chi connectivity index (χ1) is 13.1. The molecule has 0 aliphatic heterocycles. The fraction of sp³-hybridized carbons (Fsp3) is 0.0870. The van der Waals surface area contributed by atoms with Crippen LogP contribution in [0.15, 0.2) is 82.2 Å². The fourth-order valence-corrected chi connectivity index (χ4v) is 3.01. The van der Waals surface area contributed by atoms with E-state index in [0.29, 0.717) is 5.02 Å². The molecule has 3 aromatic carbocycles. The van der Waals surface area contributed by atoms with Crippen molar-refractivity contribution in [1.82, 2.24) is 0 Å². The molecule has 0 radical (unpaired) electrons. The van der Waals surface area contributed by atoms with E-state index in [0.717, 1.165) is 39.1 Å². The lowest BCUT2D eigenvalue weighted by Gasteiger charge is -2.07. The average molecular weight is 376 g/mol. The van der Waals surface area contributed by atoms with E-state index in [-0.39, 0.29) is 0 Å². The number of benzene rings is 3. The maximum absolute atomic E-state index is 6.13. The van der Waals surface area contributed by atoms with Crippen molar-refractivity contribution < 1.29 is 9.15 Å². The zero-order chi connectivity index (χ0) is 18.8. The van der Waals surface area contributed by atoms with Gasteiger partial charge in [-0.1, -0.05) is 29.3 Å². The molecule has 0 bridgehead atoms. The van der Waals surface area contributed by atoms with Gasteiger partial charge in [0.25, 0.3) is 0 Å². The van der Waals surface area contributed by atoms with Gasteiger partial charge < -0.3 is 9.15 Å². The fourth-order valence-electron chi connectivity index (χ4n) is 2.88. The zero-order valence-electron chi connectivity index (χ0n) is 15.1. The number of aryl methyl sites for hydroxylation is 1. The molecule has 4 aromatic rings. The molecule has 0 aliphatic rings. The van der Waals surface area contributed by atoms with E-state index in [9.17, 15) is 0 Å². The third-order valence-electron chi connectivity index (χ3n) is 4.36. The first-order valence-electron chi connectivity index (χ1n) is 8.61. The van der Waals surface area contributed by atoms with Crippen LogP contribution in [0.5, 0.6) is 5.75 Å². The highest BCUT2D eigenvalue weighted by Gasteiger charge is 2.08. The molecule has 3 nitrogen and oxygen atoms in total. The highest BCUT2D eigenvalue weighted by molar-refractivity contribution is 6.30. The summed E-state index contributed by atoms with van der Waals surface area (Å²) in [5.41, 5.74) is 3.77. The van der Waals surface area contributed by atoms with Gasteiger partial charge in [-0.15, -0.1) is 0 Å². The number of fused-ring (bicyclic) bond motifs is 1. The molecule has 0 saturated carbocycles. The van der Waals surface area contributed by atoms with Crippen molar-refractivity contribution in [2.45, 2.75) is 6.92 Å². The number of hydrogen-bond donors (Lipinski definition) is 0. The van der Waals surface area contributed by atoms with Gasteiger partial charge in [-0.25, -0.2) is 4.99 Å². The summed E-state index contributed by atoms with van der Waals surface area (Å²) in [5, 5.41) is 2.41. The summed E-state index contributed by atoms with van der Waals surface area (Å²) >= 11 is 6.02. The molecule has 4 rings (SSSR count). The molecule has 1 heterocycles. The van der Waals surface area contributed by atoms with Crippen molar-refractivity contribution in [3.63, 3.8) is 0 Å². The van der Waals surface area contributed by atoms with Gasteiger partial charge in [0.15, 0.2) is 0 Å². The minimum atomic E-state index is 0.689. The van der Waals surface area contributed by atoms with Crippen molar-refractivity contribution in [2.24, 2.45) is 4.99 Å². The number of hydrogen-bond acceptors (Lipinski definition) is 3. The molecule has 0 amide bonds. The van der Waals surface area contributed by atoms with E-state index >= 15 is 0 Å². The standard InChI is InChI=1S/C23H18ClNO2/c1-15-3-9-18(10-4-15)25-21-14-23(16-5-7-17(24)8-6-16)27-22-12-11-19(26-2)13-20(21)22/h3-14H,1-2H3. The molecule has 0 N–H and O–H groups in total. The number of nitrogens with zero attached hydrogens (tertiary/aromatic N) is 1. The number of ether oxygens (including phenoxy) is 1. The van der Waals surface area contributed by atoms with Gasteiger partial charge >= 0.3 is 0 Å². The Kier molecular flexibility index (Phi) is 4.69. The quantitative estimate of drug-likeness (QED) is 0.421. The average Bonchev–Trinajstić information content (AvgIpc) is 2.70. The van der Waals surface area contributed by atoms with E-state index in [1.807, 2.05) is 60.7 Å². The Hall–Kier alpha value is -3.04. The number of halogens is 1. The van der Waals surface area contributed by atoms with E-state index in [2.05, 4.69) is 19.1 Å². The summed E-state index contributed by atoms with van der Waals surface area (Å²) in [4.78, 5) is 4.85. The second-order valence-corrected chi connectivity index (χ2v) is 6.75. The lowest BCUT2D eigenvalue weighted by atomic mass is 10.1. The Morgan fingerprint density at radius 3 is 2.33 bits per heavy atom. The van der Waals surface area contributed by atoms with Crippen LogP contribution in [-0.2, 0) is 0 Å². The molecule has 0 fully saturated rings. The Bertz CT molecular complexity index is 1160. The van der Waals surface area contributed by atoms with Crippen molar-refractivity contribution in [2.75, 3.05) is 7.11 Å². The van der Waals surface area contributed by atoms with Crippen LogP contribution in [0.25, 0.3) is 22.3 Å². The SMILES string of the molecule is COc1ccc2oc(-c3ccc(Cl)cc3)cc(=Nc3ccc(C)cc3)c2c1. The van der Waals surface area contributed by atoms with Gasteiger partial charge in [0.2, 0.25) is 0 Å². The van der Waals surface area contributed by atoms with Crippen LogP contribution in [0.4, 0.5) is 5.69 Å². The van der Waals surface area contributed by atoms with E-state index in [4.69, 9.17) is 25.7 Å². The summed E-state index contributed by atoms with van der Waals surface area (Å²) < 4.78 is 11.5. The van der Waals surface area contributed by atoms with Crippen LogP contribution < -0.4 is 10.1 Å². The van der Waals surface area contributed by atoms with Gasteiger partial charge in [0, 0.05) is 22.0 Å². The Balaban J connectivity index is 1.97. The smallest absolute Gasteiger partial charge is 0.137 e. The highest BCUT2D eigenvalue weighted by atomic mass is 35.5. The largest absolute Gasteiger partial charge is 0.497 e. The molecular weight excluding hydrogens is 358 g/mol. The third kappa shape index (κ3) is 3.74. The molecule has 0 aliphatic carbocycles. The molecule has 134 valence electrons. The van der Waals surface area contributed by atoms with Crippen LogP contribution in [0.1, 0.15) is 5.56 Å². The minimum Gasteiger partial charge on any atom is -0.497 e. The van der Waals surface area contributed by atoms with Crippen LogP contribution >= 0.6 is 11.6 Å². The highest BCUT2D eigenvalue weighted by Crippen LogP contribution is 2.26. The molecule has 4 heteroatoms. The number of rotatable bonds is 3. The van der Waals surface area contributed by atoms with Crippen molar-refractivity contribution in [1.29, 1.82) is 0 Å². The molecule has 1 aromatic heterocycles. The van der Waals surface area contributed by atoms with Gasteiger partial charge in [-0.3, -0.25) is 0 Å². The van der Waals surface area contributed by atoms with Crippen molar-refractivity contribution in [3.05, 3.63) is 88.7 Å². The number of methoxy groups -OCH3 is 1.